The van der Waals surface area contributed by atoms with Gasteiger partial charge in [0.05, 0.1) is 5.69 Å². The van der Waals surface area contributed by atoms with Crippen molar-refractivity contribution >= 4 is 15.9 Å². The Hall–Kier alpha value is -1.26. The standard InChI is InChI=1S/C13H14BrN3/c1-8-9(2)16-13(17-12(8)7-15)10-5-3-4-6-11(10)14/h3-6H,7,15H2,1-2H3. The summed E-state index contributed by atoms with van der Waals surface area (Å²) in [6.45, 7) is 4.42. The van der Waals surface area contributed by atoms with E-state index in [1.165, 1.54) is 0 Å². The molecule has 88 valence electrons. The Kier molecular flexibility index (Phi) is 3.54. The highest BCUT2D eigenvalue weighted by Gasteiger charge is 2.10. The molecular formula is C13H14BrN3. The minimum absolute atomic E-state index is 0.437. The molecule has 0 unspecified atom stereocenters. The second-order valence-electron chi connectivity index (χ2n) is 3.89. The third kappa shape index (κ3) is 2.37. The third-order valence-electron chi connectivity index (χ3n) is 2.80. The molecule has 3 nitrogen and oxygen atoms in total. The van der Waals surface area contributed by atoms with Gasteiger partial charge in [-0.3, -0.25) is 0 Å². The maximum atomic E-state index is 5.70. The Morgan fingerprint density at radius 3 is 2.53 bits per heavy atom. The van der Waals surface area contributed by atoms with E-state index in [1.54, 1.807) is 0 Å². The summed E-state index contributed by atoms with van der Waals surface area (Å²) in [5, 5.41) is 0. The van der Waals surface area contributed by atoms with Gasteiger partial charge in [0, 0.05) is 22.3 Å². The van der Waals surface area contributed by atoms with Crippen molar-refractivity contribution in [2.75, 3.05) is 0 Å². The molecule has 4 heteroatoms. The molecule has 0 saturated heterocycles. The Labute approximate surface area is 109 Å². The molecule has 1 aromatic carbocycles. The van der Waals surface area contributed by atoms with E-state index in [0.717, 1.165) is 32.8 Å². The maximum Gasteiger partial charge on any atom is 0.160 e. The molecule has 2 N–H and O–H groups in total. The number of nitrogens with two attached hydrogens (primary N) is 1. The summed E-state index contributed by atoms with van der Waals surface area (Å²) in [4.78, 5) is 9.03. The van der Waals surface area contributed by atoms with Gasteiger partial charge in [-0.15, -0.1) is 0 Å². The molecule has 0 aliphatic rings. The van der Waals surface area contributed by atoms with Gasteiger partial charge in [-0.2, -0.15) is 0 Å². The zero-order valence-corrected chi connectivity index (χ0v) is 11.5. The van der Waals surface area contributed by atoms with Crippen molar-refractivity contribution in [3.63, 3.8) is 0 Å². The zero-order valence-electron chi connectivity index (χ0n) is 9.87. The summed E-state index contributed by atoms with van der Waals surface area (Å²) in [5.41, 5.74) is 9.65. The van der Waals surface area contributed by atoms with Gasteiger partial charge < -0.3 is 5.73 Å². The lowest BCUT2D eigenvalue weighted by molar-refractivity contribution is 0.925. The summed E-state index contributed by atoms with van der Waals surface area (Å²) in [6, 6.07) is 7.92. The molecule has 0 radical (unpaired) electrons. The maximum absolute atomic E-state index is 5.70. The molecular weight excluding hydrogens is 278 g/mol. The highest BCUT2D eigenvalue weighted by atomic mass is 79.9. The quantitative estimate of drug-likeness (QED) is 0.925. The minimum Gasteiger partial charge on any atom is -0.325 e. The first-order chi connectivity index (χ1) is 8.13. The predicted octanol–water partition coefficient (Wildman–Crippen LogP) is 2.98. The number of benzene rings is 1. The Morgan fingerprint density at radius 2 is 1.88 bits per heavy atom. The van der Waals surface area contributed by atoms with Crippen LogP contribution in [0.1, 0.15) is 17.0 Å². The molecule has 2 aromatic rings. The number of hydrogen-bond acceptors (Lipinski definition) is 3. The van der Waals surface area contributed by atoms with Gasteiger partial charge in [0.15, 0.2) is 5.82 Å². The first-order valence-corrected chi connectivity index (χ1v) is 6.22. The monoisotopic (exact) mass is 291 g/mol. The lowest BCUT2D eigenvalue weighted by Crippen LogP contribution is -2.07. The SMILES string of the molecule is Cc1nc(-c2ccccc2Br)nc(CN)c1C. The van der Waals surface area contributed by atoms with Crippen LogP contribution in [0.3, 0.4) is 0 Å². The van der Waals surface area contributed by atoms with Crippen LogP contribution in [0.4, 0.5) is 0 Å². The summed E-state index contributed by atoms with van der Waals surface area (Å²) in [7, 11) is 0. The van der Waals surface area contributed by atoms with Crippen molar-refractivity contribution < 1.29 is 0 Å². The van der Waals surface area contributed by atoms with Crippen molar-refractivity contribution in [1.82, 2.24) is 9.97 Å². The lowest BCUT2D eigenvalue weighted by Gasteiger charge is -2.09. The van der Waals surface area contributed by atoms with E-state index >= 15 is 0 Å². The second kappa shape index (κ2) is 4.94. The molecule has 0 aliphatic carbocycles. The van der Waals surface area contributed by atoms with Crippen LogP contribution >= 0.6 is 15.9 Å². The highest BCUT2D eigenvalue weighted by Crippen LogP contribution is 2.26. The van der Waals surface area contributed by atoms with Crippen molar-refractivity contribution in [3.05, 3.63) is 45.7 Å². The number of aryl methyl sites for hydroxylation is 1. The van der Waals surface area contributed by atoms with Gasteiger partial charge in [-0.25, -0.2) is 9.97 Å². The molecule has 0 fully saturated rings. The average Bonchev–Trinajstić information content (AvgIpc) is 2.33. The van der Waals surface area contributed by atoms with Crippen LogP contribution < -0.4 is 5.73 Å². The van der Waals surface area contributed by atoms with Gasteiger partial charge in [-0.05, 0) is 25.5 Å². The van der Waals surface area contributed by atoms with Crippen LogP contribution in [0.2, 0.25) is 0 Å². The van der Waals surface area contributed by atoms with E-state index in [9.17, 15) is 0 Å². The van der Waals surface area contributed by atoms with Crippen molar-refractivity contribution in [2.24, 2.45) is 5.73 Å². The molecule has 17 heavy (non-hydrogen) atoms. The number of rotatable bonds is 2. The summed E-state index contributed by atoms with van der Waals surface area (Å²) < 4.78 is 0.992. The first kappa shape index (κ1) is 12.2. The normalized spacial score (nSPS) is 10.6. The van der Waals surface area contributed by atoms with E-state index in [0.29, 0.717) is 6.54 Å². The van der Waals surface area contributed by atoms with Gasteiger partial charge in [0.25, 0.3) is 0 Å². The largest absolute Gasteiger partial charge is 0.325 e. The Balaban J connectivity index is 2.61. The second-order valence-corrected chi connectivity index (χ2v) is 4.74. The summed E-state index contributed by atoms with van der Waals surface area (Å²) in [5.74, 6) is 0.723. The van der Waals surface area contributed by atoms with Crippen LogP contribution in [0.25, 0.3) is 11.4 Å². The molecule has 0 bridgehead atoms. The molecule has 0 saturated carbocycles. The Bertz CT molecular complexity index is 552. The Morgan fingerprint density at radius 1 is 1.18 bits per heavy atom. The van der Waals surface area contributed by atoms with E-state index in [1.807, 2.05) is 38.1 Å². The van der Waals surface area contributed by atoms with E-state index in [2.05, 4.69) is 25.9 Å². The lowest BCUT2D eigenvalue weighted by atomic mass is 10.1. The molecule has 1 aromatic heterocycles. The van der Waals surface area contributed by atoms with Gasteiger partial charge in [0.2, 0.25) is 0 Å². The minimum atomic E-state index is 0.437. The van der Waals surface area contributed by atoms with E-state index in [4.69, 9.17) is 5.73 Å². The highest BCUT2D eigenvalue weighted by molar-refractivity contribution is 9.10. The van der Waals surface area contributed by atoms with Gasteiger partial charge in [0.1, 0.15) is 0 Å². The average molecular weight is 292 g/mol. The van der Waals surface area contributed by atoms with Crippen LogP contribution in [0.5, 0.6) is 0 Å². The molecule has 0 spiro atoms. The van der Waals surface area contributed by atoms with Crippen LogP contribution in [0.15, 0.2) is 28.7 Å². The van der Waals surface area contributed by atoms with Gasteiger partial charge >= 0.3 is 0 Å². The third-order valence-corrected chi connectivity index (χ3v) is 3.49. The first-order valence-electron chi connectivity index (χ1n) is 5.42. The van der Waals surface area contributed by atoms with Crippen molar-refractivity contribution in [1.29, 1.82) is 0 Å². The van der Waals surface area contributed by atoms with Crippen LogP contribution in [-0.2, 0) is 6.54 Å². The predicted molar refractivity (Wildman–Crippen MR) is 72.5 cm³/mol. The molecule has 0 amide bonds. The van der Waals surface area contributed by atoms with Crippen LogP contribution in [-0.4, -0.2) is 9.97 Å². The number of halogens is 1. The summed E-state index contributed by atoms with van der Waals surface area (Å²) >= 11 is 3.51. The number of aromatic nitrogens is 2. The van der Waals surface area contributed by atoms with Gasteiger partial charge in [-0.1, -0.05) is 34.1 Å². The smallest absolute Gasteiger partial charge is 0.160 e. The number of nitrogens with zero attached hydrogens (tertiary/aromatic N) is 2. The fourth-order valence-electron chi connectivity index (χ4n) is 1.65. The van der Waals surface area contributed by atoms with Crippen LogP contribution in [0, 0.1) is 13.8 Å². The van der Waals surface area contributed by atoms with Crippen molar-refractivity contribution in [2.45, 2.75) is 20.4 Å². The molecule has 0 atom stereocenters. The van der Waals surface area contributed by atoms with Crippen molar-refractivity contribution in [3.8, 4) is 11.4 Å². The molecule has 0 aliphatic heterocycles. The zero-order chi connectivity index (χ0) is 12.4. The fourth-order valence-corrected chi connectivity index (χ4v) is 2.11. The summed E-state index contributed by atoms with van der Waals surface area (Å²) in [6.07, 6.45) is 0. The van der Waals surface area contributed by atoms with E-state index < -0.39 is 0 Å². The van der Waals surface area contributed by atoms with E-state index in [-0.39, 0.29) is 0 Å². The fraction of sp³-hybridized carbons (Fsp3) is 0.231. The number of hydrogen-bond donors (Lipinski definition) is 1. The molecule has 2 rings (SSSR count). The molecule has 1 heterocycles. The topological polar surface area (TPSA) is 51.8 Å².